The second-order valence-electron chi connectivity index (χ2n) is 5.49. The quantitative estimate of drug-likeness (QED) is 0.877. The molecule has 4 nitrogen and oxygen atoms in total. The summed E-state index contributed by atoms with van der Waals surface area (Å²) >= 11 is 12.3. The Hall–Kier alpha value is -0.330. The van der Waals surface area contributed by atoms with E-state index in [4.69, 9.17) is 23.2 Å². The van der Waals surface area contributed by atoms with Crippen LogP contribution in [0.4, 0.5) is 0 Å². The van der Waals surface area contributed by atoms with E-state index in [0.29, 0.717) is 28.6 Å². The van der Waals surface area contributed by atoms with E-state index in [1.807, 2.05) is 0 Å². The molecule has 0 amide bonds. The van der Waals surface area contributed by atoms with Gasteiger partial charge in [0.15, 0.2) is 0 Å². The van der Waals surface area contributed by atoms with E-state index in [9.17, 15) is 8.42 Å². The van der Waals surface area contributed by atoms with Crippen LogP contribution in [0.2, 0.25) is 10.0 Å². The first kappa shape index (κ1) is 17.0. The Kier molecular flexibility index (Phi) is 5.54. The van der Waals surface area contributed by atoms with Crippen LogP contribution in [0.3, 0.4) is 0 Å². The zero-order valence-electron chi connectivity index (χ0n) is 12.2. The first-order valence-corrected chi connectivity index (χ1v) is 9.22. The zero-order chi connectivity index (χ0) is 15.6. The van der Waals surface area contributed by atoms with Gasteiger partial charge in [0.2, 0.25) is 10.0 Å². The SMILES string of the molecule is Cc1cc(Cl)c(C)c(S(=O)(=O)NCC2CCNCC2)c1Cl. The Balaban J connectivity index is 2.23. The molecule has 1 heterocycles. The Morgan fingerprint density at radius 2 is 1.90 bits per heavy atom. The lowest BCUT2D eigenvalue weighted by molar-refractivity contribution is 0.372. The highest BCUT2D eigenvalue weighted by Gasteiger charge is 2.25. The number of piperidine rings is 1. The molecule has 1 aliphatic heterocycles. The summed E-state index contributed by atoms with van der Waals surface area (Å²) in [7, 11) is -3.65. The van der Waals surface area contributed by atoms with Crippen LogP contribution in [0.25, 0.3) is 0 Å². The maximum Gasteiger partial charge on any atom is 0.242 e. The molecule has 0 aromatic heterocycles. The van der Waals surface area contributed by atoms with Crippen LogP contribution in [0.5, 0.6) is 0 Å². The summed E-state index contributed by atoms with van der Waals surface area (Å²) in [4.78, 5) is 0.100. The lowest BCUT2D eigenvalue weighted by Crippen LogP contribution is -2.36. The van der Waals surface area contributed by atoms with Crippen molar-refractivity contribution in [2.75, 3.05) is 19.6 Å². The monoisotopic (exact) mass is 350 g/mol. The van der Waals surface area contributed by atoms with Crippen LogP contribution in [0.1, 0.15) is 24.0 Å². The third-order valence-electron chi connectivity index (χ3n) is 3.88. The highest BCUT2D eigenvalue weighted by Crippen LogP contribution is 2.33. The highest BCUT2D eigenvalue weighted by atomic mass is 35.5. The summed E-state index contributed by atoms with van der Waals surface area (Å²) in [6.45, 7) is 5.72. The molecule has 0 unspecified atom stereocenters. The van der Waals surface area contributed by atoms with Crippen LogP contribution >= 0.6 is 23.2 Å². The molecule has 0 radical (unpaired) electrons. The Bertz CT molecular complexity index is 600. The minimum absolute atomic E-state index is 0.100. The molecule has 1 aromatic carbocycles. The van der Waals surface area contributed by atoms with Gasteiger partial charge in [-0.1, -0.05) is 23.2 Å². The van der Waals surface area contributed by atoms with Crippen molar-refractivity contribution in [1.82, 2.24) is 10.0 Å². The topological polar surface area (TPSA) is 58.2 Å². The zero-order valence-corrected chi connectivity index (χ0v) is 14.5. The third kappa shape index (κ3) is 3.90. The average molecular weight is 351 g/mol. The molecular formula is C14H20Cl2N2O2S. The molecule has 7 heteroatoms. The summed E-state index contributed by atoms with van der Waals surface area (Å²) in [5, 5.41) is 3.92. The number of sulfonamides is 1. The van der Waals surface area contributed by atoms with E-state index in [1.165, 1.54) is 0 Å². The first-order valence-electron chi connectivity index (χ1n) is 6.98. The minimum Gasteiger partial charge on any atom is -0.317 e. The molecule has 1 saturated heterocycles. The van der Waals surface area contributed by atoms with Gasteiger partial charge in [-0.05, 0) is 62.9 Å². The number of nitrogens with one attached hydrogen (secondary N) is 2. The Labute approximate surface area is 136 Å². The Morgan fingerprint density at radius 3 is 2.52 bits per heavy atom. The third-order valence-corrected chi connectivity index (χ3v) is 6.46. The first-order chi connectivity index (χ1) is 9.83. The van der Waals surface area contributed by atoms with Gasteiger partial charge in [0.05, 0.1) is 5.02 Å². The number of aryl methyl sites for hydroxylation is 1. The number of benzene rings is 1. The lowest BCUT2D eigenvalue weighted by Gasteiger charge is -2.23. The normalized spacial score (nSPS) is 17.1. The van der Waals surface area contributed by atoms with Crippen molar-refractivity contribution in [3.8, 4) is 0 Å². The second kappa shape index (κ2) is 6.84. The lowest BCUT2D eigenvalue weighted by atomic mass is 9.99. The van der Waals surface area contributed by atoms with Crippen LogP contribution in [-0.2, 0) is 10.0 Å². The molecule has 2 N–H and O–H groups in total. The fourth-order valence-electron chi connectivity index (χ4n) is 2.52. The molecule has 1 aliphatic rings. The molecular weight excluding hydrogens is 331 g/mol. The molecule has 21 heavy (non-hydrogen) atoms. The van der Waals surface area contributed by atoms with Crippen molar-refractivity contribution in [3.05, 3.63) is 27.2 Å². The molecule has 1 fully saturated rings. The van der Waals surface area contributed by atoms with Gasteiger partial charge < -0.3 is 5.32 Å². The van der Waals surface area contributed by atoms with Gasteiger partial charge in [-0.25, -0.2) is 13.1 Å². The average Bonchev–Trinajstić information content (AvgIpc) is 2.44. The van der Waals surface area contributed by atoms with Crippen molar-refractivity contribution < 1.29 is 8.42 Å². The predicted octanol–water partition coefficient (Wildman–Crippen LogP) is 2.89. The van der Waals surface area contributed by atoms with E-state index in [-0.39, 0.29) is 9.92 Å². The number of halogens is 2. The molecule has 0 saturated carbocycles. The van der Waals surface area contributed by atoms with Crippen molar-refractivity contribution in [2.45, 2.75) is 31.6 Å². The minimum atomic E-state index is -3.65. The van der Waals surface area contributed by atoms with E-state index >= 15 is 0 Å². The van der Waals surface area contributed by atoms with Gasteiger partial charge in [0.1, 0.15) is 4.90 Å². The van der Waals surface area contributed by atoms with Crippen LogP contribution in [0.15, 0.2) is 11.0 Å². The van der Waals surface area contributed by atoms with Crippen molar-refractivity contribution in [2.24, 2.45) is 5.92 Å². The van der Waals surface area contributed by atoms with E-state index in [2.05, 4.69) is 10.0 Å². The standard InChI is InChI=1S/C14H20Cl2N2O2S/c1-9-7-12(15)10(2)14(13(9)16)21(19,20)18-8-11-3-5-17-6-4-11/h7,11,17-18H,3-6,8H2,1-2H3. The number of hydrogen-bond donors (Lipinski definition) is 2. The fraction of sp³-hybridized carbons (Fsp3) is 0.571. The Morgan fingerprint density at radius 1 is 1.29 bits per heavy atom. The number of hydrogen-bond acceptors (Lipinski definition) is 3. The highest BCUT2D eigenvalue weighted by molar-refractivity contribution is 7.89. The predicted molar refractivity (Wildman–Crippen MR) is 86.7 cm³/mol. The van der Waals surface area contributed by atoms with Gasteiger partial charge in [-0.3, -0.25) is 0 Å². The van der Waals surface area contributed by atoms with E-state index in [0.717, 1.165) is 25.9 Å². The van der Waals surface area contributed by atoms with Crippen LogP contribution < -0.4 is 10.0 Å². The van der Waals surface area contributed by atoms with Crippen molar-refractivity contribution in [1.29, 1.82) is 0 Å². The van der Waals surface area contributed by atoms with Gasteiger partial charge in [0.25, 0.3) is 0 Å². The van der Waals surface area contributed by atoms with Gasteiger partial charge >= 0.3 is 0 Å². The molecule has 118 valence electrons. The fourth-order valence-corrected chi connectivity index (χ4v) is 4.84. The van der Waals surface area contributed by atoms with Gasteiger partial charge in [-0.15, -0.1) is 0 Å². The van der Waals surface area contributed by atoms with E-state index < -0.39 is 10.0 Å². The number of rotatable bonds is 4. The van der Waals surface area contributed by atoms with Crippen LogP contribution in [0, 0.1) is 19.8 Å². The largest absolute Gasteiger partial charge is 0.317 e. The van der Waals surface area contributed by atoms with Crippen molar-refractivity contribution in [3.63, 3.8) is 0 Å². The molecule has 1 aromatic rings. The molecule has 2 rings (SSSR count). The molecule has 0 bridgehead atoms. The summed E-state index contributed by atoms with van der Waals surface area (Å²) < 4.78 is 27.8. The summed E-state index contributed by atoms with van der Waals surface area (Å²) in [6.07, 6.45) is 1.95. The summed E-state index contributed by atoms with van der Waals surface area (Å²) in [5.74, 6) is 0.361. The maximum atomic E-state index is 12.6. The summed E-state index contributed by atoms with van der Waals surface area (Å²) in [5.41, 5.74) is 1.15. The smallest absolute Gasteiger partial charge is 0.242 e. The second-order valence-corrected chi connectivity index (χ2v) is 7.98. The van der Waals surface area contributed by atoms with Gasteiger partial charge in [0, 0.05) is 11.6 Å². The molecule has 0 aliphatic carbocycles. The van der Waals surface area contributed by atoms with Crippen LogP contribution in [-0.4, -0.2) is 28.1 Å². The van der Waals surface area contributed by atoms with E-state index in [1.54, 1.807) is 19.9 Å². The summed E-state index contributed by atoms with van der Waals surface area (Å²) in [6, 6.07) is 1.69. The maximum absolute atomic E-state index is 12.6. The van der Waals surface area contributed by atoms with Gasteiger partial charge in [-0.2, -0.15) is 0 Å². The molecule has 0 spiro atoms. The van der Waals surface area contributed by atoms with Crippen molar-refractivity contribution >= 4 is 33.2 Å². The molecule has 0 atom stereocenters.